The number of hydrogen-bond acceptors (Lipinski definition) is 4. The van der Waals surface area contributed by atoms with Gasteiger partial charge in [0.05, 0.1) is 13.2 Å². The average Bonchev–Trinajstić information content (AvgIpc) is 2.19. The topological polar surface area (TPSA) is 38.8 Å². The van der Waals surface area contributed by atoms with Crippen LogP contribution in [0.1, 0.15) is 41.5 Å². The molecule has 0 aromatic rings. The first-order valence-corrected chi connectivity index (χ1v) is 7.58. The lowest BCUT2D eigenvalue weighted by Crippen LogP contribution is -2.44. The molecule has 0 fully saturated rings. The molecule has 0 bridgehead atoms. The van der Waals surface area contributed by atoms with E-state index in [2.05, 4.69) is 4.90 Å². The summed E-state index contributed by atoms with van der Waals surface area (Å²) in [5.41, 5.74) is 0. The minimum Gasteiger partial charge on any atom is -0.308 e. The first-order valence-electron chi connectivity index (χ1n) is 6.03. The monoisotopic (exact) mass is 251 g/mol. The van der Waals surface area contributed by atoms with Gasteiger partial charge in [-0.15, -0.1) is 0 Å². The molecule has 5 heteroatoms. The van der Waals surface area contributed by atoms with E-state index in [1.807, 2.05) is 41.5 Å². The van der Waals surface area contributed by atoms with Gasteiger partial charge in [-0.1, -0.05) is 13.8 Å². The third kappa shape index (κ3) is 3.30. The smallest absolute Gasteiger partial charge is 0.308 e. The molecule has 0 heterocycles. The molecule has 0 amide bonds. The third-order valence-electron chi connectivity index (χ3n) is 2.81. The SMILES string of the molecule is CCOP(=O)(OCC)C(C)(C)N(CC)CC. The Balaban J connectivity index is 5.08. The Morgan fingerprint density at radius 3 is 1.62 bits per heavy atom. The molecule has 0 atom stereocenters. The largest absolute Gasteiger partial charge is 0.350 e. The zero-order chi connectivity index (χ0) is 12.8. The summed E-state index contributed by atoms with van der Waals surface area (Å²) < 4.78 is 23.5. The fourth-order valence-corrected chi connectivity index (χ4v) is 3.88. The fourth-order valence-electron chi connectivity index (χ4n) is 1.86. The third-order valence-corrected chi connectivity index (χ3v) is 5.63. The van der Waals surface area contributed by atoms with Crippen molar-refractivity contribution in [1.29, 1.82) is 0 Å². The van der Waals surface area contributed by atoms with Crippen LogP contribution in [0.5, 0.6) is 0 Å². The van der Waals surface area contributed by atoms with E-state index in [0.29, 0.717) is 13.2 Å². The van der Waals surface area contributed by atoms with E-state index in [1.165, 1.54) is 0 Å². The van der Waals surface area contributed by atoms with Gasteiger partial charge in [0, 0.05) is 0 Å². The van der Waals surface area contributed by atoms with E-state index < -0.39 is 12.9 Å². The van der Waals surface area contributed by atoms with Crippen LogP contribution < -0.4 is 0 Å². The van der Waals surface area contributed by atoms with E-state index in [0.717, 1.165) is 13.1 Å². The minimum absolute atomic E-state index is 0.405. The molecule has 4 nitrogen and oxygen atoms in total. The van der Waals surface area contributed by atoms with Crippen molar-refractivity contribution in [2.45, 2.75) is 46.8 Å². The zero-order valence-electron chi connectivity index (χ0n) is 11.4. The van der Waals surface area contributed by atoms with Crippen molar-refractivity contribution in [2.75, 3.05) is 26.3 Å². The Labute approximate surface area is 99.8 Å². The Kier molecular flexibility index (Phi) is 6.80. The van der Waals surface area contributed by atoms with Gasteiger partial charge in [0.2, 0.25) is 0 Å². The molecule has 0 saturated carbocycles. The predicted molar refractivity (Wildman–Crippen MR) is 67.9 cm³/mol. The quantitative estimate of drug-likeness (QED) is 0.620. The predicted octanol–water partition coefficient (Wildman–Crippen LogP) is 3.33. The van der Waals surface area contributed by atoms with Gasteiger partial charge in [-0.25, -0.2) is 0 Å². The van der Waals surface area contributed by atoms with E-state index in [1.54, 1.807) is 0 Å². The maximum atomic E-state index is 12.7. The van der Waals surface area contributed by atoms with Crippen LogP contribution in [0.3, 0.4) is 0 Å². The van der Waals surface area contributed by atoms with Gasteiger partial charge < -0.3 is 9.05 Å². The molecule has 0 radical (unpaired) electrons. The lowest BCUT2D eigenvalue weighted by molar-refractivity contribution is 0.129. The summed E-state index contributed by atoms with van der Waals surface area (Å²) in [5, 5.41) is -0.581. The molecule has 0 saturated heterocycles. The molecule has 0 rings (SSSR count). The van der Waals surface area contributed by atoms with Crippen molar-refractivity contribution >= 4 is 7.60 Å². The molecule has 0 aromatic carbocycles. The summed E-state index contributed by atoms with van der Waals surface area (Å²) in [6.07, 6.45) is 0. The van der Waals surface area contributed by atoms with Crippen molar-refractivity contribution < 1.29 is 13.6 Å². The Morgan fingerprint density at radius 1 is 1.00 bits per heavy atom. The van der Waals surface area contributed by atoms with Crippen LogP contribution in [0.4, 0.5) is 0 Å². The molecule has 0 unspecified atom stereocenters. The van der Waals surface area contributed by atoms with Crippen LogP contribution in [-0.4, -0.2) is 36.5 Å². The Bertz CT molecular complexity index is 229. The average molecular weight is 251 g/mol. The zero-order valence-corrected chi connectivity index (χ0v) is 12.3. The van der Waals surface area contributed by atoms with Crippen LogP contribution in [0.25, 0.3) is 0 Å². The Hall–Kier alpha value is 0.110. The summed E-state index contributed by atoms with van der Waals surface area (Å²) in [6, 6.07) is 0. The summed E-state index contributed by atoms with van der Waals surface area (Å²) in [6.45, 7) is 14.1. The van der Waals surface area contributed by atoms with Crippen molar-refractivity contribution in [3.05, 3.63) is 0 Å². The summed E-state index contributed by atoms with van der Waals surface area (Å²) >= 11 is 0. The van der Waals surface area contributed by atoms with Crippen molar-refractivity contribution in [2.24, 2.45) is 0 Å². The number of rotatable bonds is 8. The van der Waals surface area contributed by atoms with E-state index in [-0.39, 0.29) is 0 Å². The summed E-state index contributed by atoms with van der Waals surface area (Å²) in [7, 11) is -3.09. The molecular weight excluding hydrogens is 225 g/mol. The van der Waals surface area contributed by atoms with Gasteiger partial charge in [0.15, 0.2) is 0 Å². The highest BCUT2D eigenvalue weighted by molar-refractivity contribution is 7.55. The minimum atomic E-state index is -3.09. The maximum absolute atomic E-state index is 12.7. The van der Waals surface area contributed by atoms with E-state index in [4.69, 9.17) is 9.05 Å². The lowest BCUT2D eigenvalue weighted by atomic mass is 10.3. The van der Waals surface area contributed by atoms with E-state index in [9.17, 15) is 4.57 Å². The van der Waals surface area contributed by atoms with Gasteiger partial charge in [0.25, 0.3) is 0 Å². The molecule has 0 N–H and O–H groups in total. The first-order chi connectivity index (χ1) is 7.39. The highest BCUT2D eigenvalue weighted by atomic mass is 31.2. The molecule has 0 aliphatic rings. The van der Waals surface area contributed by atoms with Gasteiger partial charge in [-0.2, -0.15) is 0 Å². The van der Waals surface area contributed by atoms with Crippen LogP contribution >= 0.6 is 7.60 Å². The molecule has 0 aromatic heterocycles. The van der Waals surface area contributed by atoms with Crippen molar-refractivity contribution in [3.63, 3.8) is 0 Å². The molecule has 16 heavy (non-hydrogen) atoms. The summed E-state index contributed by atoms with van der Waals surface area (Å²) in [5.74, 6) is 0. The van der Waals surface area contributed by atoms with Crippen LogP contribution in [-0.2, 0) is 13.6 Å². The second-order valence-electron chi connectivity index (χ2n) is 4.00. The van der Waals surface area contributed by atoms with Crippen LogP contribution in [0.2, 0.25) is 0 Å². The van der Waals surface area contributed by atoms with Gasteiger partial charge >= 0.3 is 7.60 Å². The molecule has 0 aliphatic carbocycles. The standard InChI is InChI=1S/C11H26NO3P/c1-7-12(8-2)11(5,6)16(13,14-9-3)15-10-4/h7-10H2,1-6H3. The maximum Gasteiger partial charge on any atom is 0.350 e. The highest BCUT2D eigenvalue weighted by Gasteiger charge is 2.46. The highest BCUT2D eigenvalue weighted by Crippen LogP contribution is 2.60. The molecule has 0 aliphatic heterocycles. The second kappa shape index (κ2) is 6.75. The van der Waals surface area contributed by atoms with Gasteiger partial charge in [-0.3, -0.25) is 9.46 Å². The normalized spacial score (nSPS) is 13.4. The second-order valence-corrected chi connectivity index (χ2v) is 6.61. The summed E-state index contributed by atoms with van der Waals surface area (Å²) in [4.78, 5) is 2.11. The van der Waals surface area contributed by atoms with Crippen LogP contribution in [0, 0.1) is 0 Å². The number of hydrogen-bond donors (Lipinski definition) is 0. The Morgan fingerprint density at radius 2 is 1.38 bits per heavy atom. The van der Waals surface area contributed by atoms with Crippen LogP contribution in [0.15, 0.2) is 0 Å². The van der Waals surface area contributed by atoms with Crippen molar-refractivity contribution in [1.82, 2.24) is 4.90 Å². The van der Waals surface area contributed by atoms with E-state index >= 15 is 0 Å². The first kappa shape index (κ1) is 16.1. The fraction of sp³-hybridized carbons (Fsp3) is 1.00. The lowest BCUT2D eigenvalue weighted by Gasteiger charge is -2.41. The van der Waals surface area contributed by atoms with Gasteiger partial charge in [0.1, 0.15) is 5.28 Å². The van der Waals surface area contributed by atoms with Crippen molar-refractivity contribution in [3.8, 4) is 0 Å². The molecular formula is C11H26NO3P. The molecule has 0 spiro atoms. The number of nitrogens with zero attached hydrogens (tertiary/aromatic N) is 1. The van der Waals surface area contributed by atoms with Gasteiger partial charge in [-0.05, 0) is 40.8 Å². The molecule has 98 valence electrons.